The van der Waals surface area contributed by atoms with Crippen molar-refractivity contribution in [3.63, 3.8) is 0 Å². The number of rotatable bonds is 4. The second-order valence-electron chi connectivity index (χ2n) is 5.23. The molecule has 0 radical (unpaired) electrons. The number of hydrogen-bond donors (Lipinski definition) is 1. The number of aryl methyl sites for hydroxylation is 1. The molecule has 0 saturated carbocycles. The zero-order valence-corrected chi connectivity index (χ0v) is 12.1. The second-order valence-corrected chi connectivity index (χ2v) is 5.23. The Balaban J connectivity index is 2.37. The Bertz CT molecular complexity index is 626. The first-order chi connectivity index (χ1) is 9.63. The lowest BCUT2D eigenvalue weighted by molar-refractivity contribution is 0.542. The van der Waals surface area contributed by atoms with Crippen LogP contribution in [0.1, 0.15) is 36.6 Å². The minimum absolute atomic E-state index is 0.137. The van der Waals surface area contributed by atoms with Crippen molar-refractivity contribution < 1.29 is 0 Å². The van der Waals surface area contributed by atoms with Crippen LogP contribution in [-0.4, -0.2) is 4.98 Å². The third-order valence-electron chi connectivity index (χ3n) is 3.41. The predicted molar refractivity (Wildman–Crippen MR) is 81.3 cm³/mol. The molecule has 1 aromatic heterocycles. The third-order valence-corrected chi connectivity index (χ3v) is 3.41. The van der Waals surface area contributed by atoms with Crippen LogP contribution in [0.5, 0.6) is 0 Å². The molecule has 1 unspecified atom stereocenters. The van der Waals surface area contributed by atoms with Crippen LogP contribution >= 0.6 is 0 Å². The average Bonchev–Trinajstić information content (AvgIpc) is 2.46. The third kappa shape index (κ3) is 2.97. The normalized spacial score (nSPS) is 11.9. The van der Waals surface area contributed by atoms with Gasteiger partial charge in [0.25, 0.3) is 0 Å². The van der Waals surface area contributed by atoms with Gasteiger partial charge in [-0.15, -0.1) is 0 Å². The van der Waals surface area contributed by atoms with Crippen LogP contribution in [0.25, 0.3) is 0 Å². The average molecular weight is 265 g/mol. The fourth-order valence-electron chi connectivity index (χ4n) is 2.30. The zero-order valence-electron chi connectivity index (χ0n) is 12.1. The highest BCUT2D eigenvalue weighted by Gasteiger charge is 2.19. The van der Waals surface area contributed by atoms with Crippen LogP contribution in [0.4, 0.5) is 5.82 Å². The van der Waals surface area contributed by atoms with Gasteiger partial charge in [0, 0.05) is 6.20 Å². The molecular weight excluding hydrogens is 246 g/mol. The predicted octanol–water partition coefficient (Wildman–Crippen LogP) is 4.07. The monoisotopic (exact) mass is 265 g/mol. The van der Waals surface area contributed by atoms with Crippen molar-refractivity contribution in [2.75, 3.05) is 5.32 Å². The Labute approximate surface area is 120 Å². The molecule has 2 rings (SSSR count). The van der Waals surface area contributed by atoms with E-state index >= 15 is 0 Å². The van der Waals surface area contributed by atoms with Gasteiger partial charge in [-0.05, 0) is 36.1 Å². The lowest BCUT2D eigenvalue weighted by atomic mass is 9.92. The number of nitriles is 1. The molecule has 1 heterocycles. The Morgan fingerprint density at radius 3 is 2.55 bits per heavy atom. The second kappa shape index (κ2) is 6.21. The quantitative estimate of drug-likeness (QED) is 0.906. The van der Waals surface area contributed by atoms with Crippen LogP contribution in [-0.2, 0) is 0 Å². The minimum atomic E-state index is 0.137. The van der Waals surface area contributed by atoms with Gasteiger partial charge in [0.1, 0.15) is 11.9 Å². The van der Waals surface area contributed by atoms with E-state index in [0.29, 0.717) is 17.3 Å². The molecule has 0 amide bonds. The molecule has 1 atom stereocenters. The summed E-state index contributed by atoms with van der Waals surface area (Å²) in [5.74, 6) is 1.04. The van der Waals surface area contributed by atoms with Gasteiger partial charge in [0.2, 0.25) is 0 Å². The largest absolute Gasteiger partial charge is 0.362 e. The topological polar surface area (TPSA) is 48.7 Å². The van der Waals surface area contributed by atoms with Crippen molar-refractivity contribution in [3.05, 3.63) is 59.3 Å². The molecular formula is C17H19N3. The SMILES string of the molecule is Cc1ccccc1C(Nc1ncccc1C#N)C(C)C. The highest BCUT2D eigenvalue weighted by Crippen LogP contribution is 2.28. The molecule has 0 fully saturated rings. The minimum Gasteiger partial charge on any atom is -0.362 e. The fourth-order valence-corrected chi connectivity index (χ4v) is 2.30. The summed E-state index contributed by atoms with van der Waals surface area (Å²) < 4.78 is 0. The number of hydrogen-bond acceptors (Lipinski definition) is 3. The van der Waals surface area contributed by atoms with E-state index in [9.17, 15) is 0 Å². The highest BCUT2D eigenvalue weighted by molar-refractivity contribution is 5.53. The number of nitrogens with one attached hydrogen (secondary N) is 1. The molecule has 0 aliphatic rings. The summed E-state index contributed by atoms with van der Waals surface area (Å²) >= 11 is 0. The van der Waals surface area contributed by atoms with Crippen LogP contribution in [0.3, 0.4) is 0 Å². The van der Waals surface area contributed by atoms with E-state index < -0.39 is 0 Å². The summed E-state index contributed by atoms with van der Waals surface area (Å²) in [5.41, 5.74) is 3.07. The van der Waals surface area contributed by atoms with E-state index in [1.807, 2.05) is 12.1 Å². The molecule has 1 aromatic carbocycles. The Morgan fingerprint density at radius 1 is 1.15 bits per heavy atom. The molecule has 20 heavy (non-hydrogen) atoms. The smallest absolute Gasteiger partial charge is 0.144 e. The fraction of sp³-hybridized carbons (Fsp3) is 0.294. The molecule has 102 valence electrons. The Hall–Kier alpha value is -2.34. The summed E-state index contributed by atoms with van der Waals surface area (Å²) in [6.07, 6.45) is 1.71. The molecule has 0 spiro atoms. The summed E-state index contributed by atoms with van der Waals surface area (Å²) in [6.45, 7) is 6.44. The number of aromatic nitrogens is 1. The summed E-state index contributed by atoms with van der Waals surface area (Å²) in [7, 11) is 0. The van der Waals surface area contributed by atoms with Gasteiger partial charge in [-0.25, -0.2) is 4.98 Å². The Kier molecular flexibility index (Phi) is 4.37. The molecule has 0 bridgehead atoms. The summed E-state index contributed by atoms with van der Waals surface area (Å²) in [4.78, 5) is 4.29. The lowest BCUT2D eigenvalue weighted by Crippen LogP contribution is -2.19. The number of anilines is 1. The van der Waals surface area contributed by atoms with Crippen molar-refractivity contribution >= 4 is 5.82 Å². The van der Waals surface area contributed by atoms with Crippen molar-refractivity contribution in [2.24, 2.45) is 5.92 Å². The van der Waals surface area contributed by atoms with Gasteiger partial charge in [-0.1, -0.05) is 38.1 Å². The summed E-state index contributed by atoms with van der Waals surface area (Å²) in [5, 5.41) is 12.6. The standard InChI is InChI=1S/C17H19N3/c1-12(2)16(15-9-5-4-7-13(15)3)20-17-14(11-18)8-6-10-19-17/h4-10,12,16H,1-3H3,(H,19,20). The lowest BCUT2D eigenvalue weighted by Gasteiger charge is -2.25. The number of nitrogens with zero attached hydrogens (tertiary/aromatic N) is 2. The molecule has 2 aromatic rings. The van der Waals surface area contributed by atoms with Gasteiger partial charge >= 0.3 is 0 Å². The van der Waals surface area contributed by atoms with Crippen LogP contribution < -0.4 is 5.32 Å². The number of pyridine rings is 1. The molecule has 0 aliphatic carbocycles. The molecule has 0 aliphatic heterocycles. The van der Waals surface area contributed by atoms with E-state index in [2.05, 4.69) is 49.3 Å². The maximum atomic E-state index is 9.17. The molecule has 0 saturated heterocycles. The maximum Gasteiger partial charge on any atom is 0.144 e. The van der Waals surface area contributed by atoms with Crippen molar-refractivity contribution in [1.29, 1.82) is 5.26 Å². The first-order valence-electron chi connectivity index (χ1n) is 6.80. The zero-order chi connectivity index (χ0) is 14.5. The van der Waals surface area contributed by atoms with E-state index in [1.165, 1.54) is 11.1 Å². The maximum absolute atomic E-state index is 9.17. The van der Waals surface area contributed by atoms with E-state index in [4.69, 9.17) is 5.26 Å². The van der Waals surface area contributed by atoms with Crippen molar-refractivity contribution in [1.82, 2.24) is 4.98 Å². The van der Waals surface area contributed by atoms with E-state index in [0.717, 1.165) is 0 Å². The van der Waals surface area contributed by atoms with Gasteiger partial charge in [0.05, 0.1) is 11.6 Å². The first kappa shape index (κ1) is 14.1. The van der Waals surface area contributed by atoms with Crippen LogP contribution in [0, 0.1) is 24.2 Å². The van der Waals surface area contributed by atoms with Crippen molar-refractivity contribution in [3.8, 4) is 6.07 Å². The van der Waals surface area contributed by atoms with Gasteiger partial charge in [-0.2, -0.15) is 5.26 Å². The van der Waals surface area contributed by atoms with Crippen LogP contribution in [0.15, 0.2) is 42.6 Å². The summed E-state index contributed by atoms with van der Waals surface area (Å²) in [6, 6.07) is 14.2. The molecule has 3 heteroatoms. The van der Waals surface area contributed by atoms with E-state index in [-0.39, 0.29) is 6.04 Å². The van der Waals surface area contributed by atoms with Gasteiger partial charge in [-0.3, -0.25) is 0 Å². The Morgan fingerprint density at radius 2 is 1.90 bits per heavy atom. The first-order valence-corrected chi connectivity index (χ1v) is 6.80. The molecule has 3 nitrogen and oxygen atoms in total. The number of benzene rings is 1. The van der Waals surface area contributed by atoms with E-state index in [1.54, 1.807) is 18.3 Å². The van der Waals surface area contributed by atoms with Crippen LogP contribution in [0.2, 0.25) is 0 Å². The van der Waals surface area contributed by atoms with Gasteiger partial charge < -0.3 is 5.32 Å². The molecule has 1 N–H and O–H groups in total. The highest BCUT2D eigenvalue weighted by atomic mass is 15.0. The van der Waals surface area contributed by atoms with Crippen molar-refractivity contribution in [2.45, 2.75) is 26.8 Å². The van der Waals surface area contributed by atoms with Gasteiger partial charge in [0.15, 0.2) is 0 Å².